The molecule has 0 bridgehead atoms. The van der Waals surface area contributed by atoms with Crippen molar-refractivity contribution in [1.29, 1.82) is 0 Å². The summed E-state index contributed by atoms with van der Waals surface area (Å²) >= 11 is 0. The van der Waals surface area contributed by atoms with Gasteiger partial charge < -0.3 is 19.7 Å². The summed E-state index contributed by atoms with van der Waals surface area (Å²) in [5, 5.41) is 2.69. The normalized spacial score (nSPS) is 11.7. The van der Waals surface area contributed by atoms with Crippen molar-refractivity contribution in [2.24, 2.45) is 0 Å². The number of methoxy groups -OCH3 is 2. The summed E-state index contributed by atoms with van der Waals surface area (Å²) in [6, 6.07) is 28.7. The lowest BCUT2D eigenvalue weighted by Gasteiger charge is -2.33. The number of hydrogen-bond donors (Lipinski definition) is 1. The number of likely N-dealkylation sites (N-methyl/N-ethyl adjacent to an activating group) is 1. The molecular formula is C34H37N3O6S. The molecule has 44 heavy (non-hydrogen) atoms. The van der Waals surface area contributed by atoms with Crippen LogP contribution in [0.2, 0.25) is 0 Å². The number of nitrogens with zero attached hydrogens (tertiary/aromatic N) is 2. The van der Waals surface area contributed by atoms with E-state index >= 15 is 0 Å². The predicted octanol–water partition coefficient (Wildman–Crippen LogP) is 4.59. The zero-order valence-corrected chi connectivity index (χ0v) is 26.1. The third-order valence-electron chi connectivity index (χ3n) is 7.22. The monoisotopic (exact) mass is 615 g/mol. The molecule has 1 unspecified atom stereocenters. The Labute approximate surface area is 259 Å². The van der Waals surface area contributed by atoms with Crippen molar-refractivity contribution < 1.29 is 27.5 Å². The van der Waals surface area contributed by atoms with Crippen molar-refractivity contribution >= 4 is 27.5 Å². The smallest absolute Gasteiger partial charge is 0.264 e. The van der Waals surface area contributed by atoms with Crippen molar-refractivity contribution in [3.63, 3.8) is 0 Å². The highest BCUT2D eigenvalue weighted by Crippen LogP contribution is 2.34. The van der Waals surface area contributed by atoms with Gasteiger partial charge in [-0.25, -0.2) is 8.42 Å². The maximum atomic E-state index is 14.4. The topological polar surface area (TPSA) is 105 Å². The molecule has 0 aromatic heterocycles. The molecule has 0 saturated heterocycles. The van der Waals surface area contributed by atoms with Crippen LogP contribution in [0.4, 0.5) is 5.69 Å². The molecule has 4 aromatic carbocycles. The zero-order valence-electron chi connectivity index (χ0n) is 25.3. The van der Waals surface area contributed by atoms with Gasteiger partial charge in [-0.2, -0.15) is 0 Å². The molecule has 9 nitrogen and oxygen atoms in total. The van der Waals surface area contributed by atoms with Crippen molar-refractivity contribution in [2.75, 3.05) is 32.1 Å². The highest BCUT2D eigenvalue weighted by molar-refractivity contribution is 7.92. The number of amides is 2. The Morgan fingerprint density at radius 1 is 0.795 bits per heavy atom. The van der Waals surface area contributed by atoms with Gasteiger partial charge in [0.15, 0.2) is 11.5 Å². The Hall–Kier alpha value is -4.83. The third kappa shape index (κ3) is 7.57. The molecule has 0 aliphatic heterocycles. The van der Waals surface area contributed by atoms with Crippen LogP contribution in [0.25, 0.3) is 0 Å². The van der Waals surface area contributed by atoms with Gasteiger partial charge in [0, 0.05) is 26.1 Å². The summed E-state index contributed by atoms with van der Waals surface area (Å²) in [5.41, 5.74) is 2.86. The molecule has 0 radical (unpaired) electrons. The van der Waals surface area contributed by atoms with Gasteiger partial charge in [0.1, 0.15) is 12.6 Å². The van der Waals surface area contributed by atoms with Gasteiger partial charge in [-0.1, -0.05) is 78.4 Å². The van der Waals surface area contributed by atoms with Crippen molar-refractivity contribution in [3.8, 4) is 11.5 Å². The number of benzene rings is 4. The Kier molecular flexibility index (Phi) is 10.6. The van der Waals surface area contributed by atoms with Crippen LogP contribution in [0, 0.1) is 6.92 Å². The van der Waals surface area contributed by atoms with Crippen LogP contribution in [-0.2, 0) is 32.6 Å². The number of nitrogens with one attached hydrogen (secondary N) is 1. The quantitative estimate of drug-likeness (QED) is 0.236. The number of carbonyl (C=O) groups excluding carboxylic acids is 2. The molecule has 4 aromatic rings. The summed E-state index contributed by atoms with van der Waals surface area (Å²) in [5.74, 6) is -0.207. The number of rotatable bonds is 13. The molecule has 4 rings (SSSR count). The minimum Gasteiger partial charge on any atom is -0.493 e. The first-order valence-corrected chi connectivity index (χ1v) is 15.5. The van der Waals surface area contributed by atoms with E-state index < -0.39 is 28.5 Å². The zero-order chi connectivity index (χ0) is 31.7. The number of aryl methyl sites for hydroxylation is 1. The lowest BCUT2D eigenvalue weighted by molar-refractivity contribution is -0.139. The molecule has 0 heterocycles. The van der Waals surface area contributed by atoms with Crippen LogP contribution < -0.4 is 19.1 Å². The lowest BCUT2D eigenvalue weighted by Crippen LogP contribution is -2.53. The van der Waals surface area contributed by atoms with Gasteiger partial charge in [-0.15, -0.1) is 0 Å². The van der Waals surface area contributed by atoms with Crippen LogP contribution >= 0.6 is 0 Å². The van der Waals surface area contributed by atoms with E-state index in [0.29, 0.717) is 11.5 Å². The van der Waals surface area contributed by atoms with E-state index in [1.165, 1.54) is 44.4 Å². The Bertz CT molecular complexity index is 1680. The standard InChI is InChI=1S/C34H37N3O6S/c1-25-12-11-15-27(20-25)23-36(30(34(39)35-2)21-26-13-7-5-8-14-26)33(38)24-37(44(40,41)29-16-9-6-10-17-29)28-18-19-31(42-3)32(22-28)43-4/h5-20,22,30H,21,23-24H2,1-4H3,(H,35,39). The average Bonchev–Trinajstić information content (AvgIpc) is 3.05. The van der Waals surface area contributed by atoms with Gasteiger partial charge in [0.05, 0.1) is 24.8 Å². The van der Waals surface area contributed by atoms with Crippen LogP contribution in [0.5, 0.6) is 11.5 Å². The van der Waals surface area contributed by atoms with Gasteiger partial charge in [-0.3, -0.25) is 13.9 Å². The Morgan fingerprint density at radius 2 is 1.43 bits per heavy atom. The van der Waals surface area contributed by atoms with E-state index in [2.05, 4.69) is 5.32 Å². The van der Waals surface area contributed by atoms with E-state index in [1.54, 1.807) is 30.3 Å². The van der Waals surface area contributed by atoms with E-state index in [9.17, 15) is 18.0 Å². The molecule has 230 valence electrons. The van der Waals surface area contributed by atoms with Crippen LogP contribution in [-0.4, -0.2) is 59.0 Å². The van der Waals surface area contributed by atoms with Crippen LogP contribution in [0.3, 0.4) is 0 Å². The molecule has 1 N–H and O–H groups in total. The fraction of sp³-hybridized carbons (Fsp3) is 0.235. The number of hydrogen-bond acceptors (Lipinski definition) is 6. The van der Waals surface area contributed by atoms with Gasteiger partial charge in [0.25, 0.3) is 10.0 Å². The Morgan fingerprint density at radius 3 is 2.05 bits per heavy atom. The first-order chi connectivity index (χ1) is 21.2. The average molecular weight is 616 g/mol. The number of ether oxygens (including phenoxy) is 2. The summed E-state index contributed by atoms with van der Waals surface area (Å²) in [4.78, 5) is 29.3. The van der Waals surface area contributed by atoms with Crippen molar-refractivity contribution in [2.45, 2.75) is 30.8 Å². The summed E-state index contributed by atoms with van der Waals surface area (Å²) in [6.45, 7) is 1.47. The molecule has 0 aliphatic carbocycles. The SMILES string of the molecule is CNC(=O)C(Cc1ccccc1)N(Cc1cccc(C)c1)C(=O)CN(c1ccc(OC)c(OC)c1)S(=O)(=O)c1ccccc1. The fourth-order valence-electron chi connectivity index (χ4n) is 4.96. The molecule has 0 saturated carbocycles. The number of sulfonamides is 1. The largest absolute Gasteiger partial charge is 0.493 e. The van der Waals surface area contributed by atoms with Crippen LogP contribution in [0.15, 0.2) is 108 Å². The Balaban J connectivity index is 1.82. The number of carbonyl (C=O) groups is 2. The molecule has 10 heteroatoms. The number of anilines is 1. The minimum absolute atomic E-state index is 0.0138. The highest BCUT2D eigenvalue weighted by Gasteiger charge is 2.34. The molecule has 1 atom stereocenters. The van der Waals surface area contributed by atoms with E-state index in [1.807, 2.05) is 61.5 Å². The second-order valence-corrected chi connectivity index (χ2v) is 12.1. The lowest BCUT2D eigenvalue weighted by atomic mass is 10.0. The second-order valence-electron chi connectivity index (χ2n) is 10.2. The summed E-state index contributed by atoms with van der Waals surface area (Å²) in [7, 11) is 0.220. The van der Waals surface area contributed by atoms with Gasteiger partial charge in [0.2, 0.25) is 11.8 Å². The molecule has 0 aliphatic rings. The molecule has 0 spiro atoms. The van der Waals surface area contributed by atoms with Gasteiger partial charge >= 0.3 is 0 Å². The maximum Gasteiger partial charge on any atom is 0.264 e. The molecule has 0 fully saturated rings. The highest BCUT2D eigenvalue weighted by atomic mass is 32.2. The first-order valence-electron chi connectivity index (χ1n) is 14.1. The van der Waals surface area contributed by atoms with Gasteiger partial charge in [-0.05, 0) is 42.3 Å². The van der Waals surface area contributed by atoms with Crippen molar-refractivity contribution in [1.82, 2.24) is 10.2 Å². The predicted molar refractivity (Wildman–Crippen MR) is 170 cm³/mol. The van der Waals surface area contributed by atoms with E-state index in [4.69, 9.17) is 9.47 Å². The summed E-state index contributed by atoms with van der Waals surface area (Å²) < 4.78 is 40.0. The molecular weight excluding hydrogens is 578 g/mol. The maximum absolute atomic E-state index is 14.4. The minimum atomic E-state index is -4.23. The molecule has 2 amide bonds. The van der Waals surface area contributed by atoms with E-state index in [0.717, 1.165) is 21.0 Å². The summed E-state index contributed by atoms with van der Waals surface area (Å²) in [6.07, 6.45) is 0.236. The fourth-order valence-corrected chi connectivity index (χ4v) is 6.38. The van der Waals surface area contributed by atoms with Crippen LogP contribution in [0.1, 0.15) is 16.7 Å². The van der Waals surface area contributed by atoms with E-state index in [-0.39, 0.29) is 29.5 Å². The first kappa shape index (κ1) is 32.1. The van der Waals surface area contributed by atoms with Crippen molar-refractivity contribution in [3.05, 3.63) is 120 Å². The third-order valence-corrected chi connectivity index (χ3v) is 9.01. The second kappa shape index (κ2) is 14.6.